The number of nitrogens with zero attached hydrogens (tertiary/aromatic N) is 1. The first-order valence-electron chi connectivity index (χ1n) is 6.76. The number of anilines is 3. The SMILES string of the molecule is CCC1C(=O)Nc2cc3c(cc21)NC(c1cnc[nH]1)N3. The van der Waals surface area contributed by atoms with Gasteiger partial charge < -0.3 is 20.9 Å². The fourth-order valence-electron chi connectivity index (χ4n) is 2.95. The zero-order chi connectivity index (χ0) is 13.7. The third-order valence-corrected chi connectivity index (χ3v) is 3.98. The Kier molecular flexibility index (Phi) is 2.26. The van der Waals surface area contributed by atoms with Crippen molar-refractivity contribution in [1.29, 1.82) is 0 Å². The fraction of sp³-hybridized carbons (Fsp3) is 0.286. The molecule has 102 valence electrons. The summed E-state index contributed by atoms with van der Waals surface area (Å²) in [5, 5.41) is 9.74. The lowest BCUT2D eigenvalue weighted by atomic mass is 9.97. The van der Waals surface area contributed by atoms with E-state index >= 15 is 0 Å². The van der Waals surface area contributed by atoms with Crippen LogP contribution in [-0.2, 0) is 4.79 Å². The molecular weight excluding hydrogens is 254 g/mol. The molecule has 4 rings (SSSR count). The summed E-state index contributed by atoms with van der Waals surface area (Å²) in [6.45, 7) is 2.03. The maximum absolute atomic E-state index is 11.9. The molecule has 2 atom stereocenters. The molecule has 6 heteroatoms. The van der Waals surface area contributed by atoms with Crippen LogP contribution in [0, 0.1) is 0 Å². The Morgan fingerprint density at radius 1 is 1.20 bits per heavy atom. The summed E-state index contributed by atoms with van der Waals surface area (Å²) < 4.78 is 0. The highest BCUT2D eigenvalue weighted by Gasteiger charge is 2.32. The number of hydrogen-bond donors (Lipinski definition) is 4. The number of carbonyl (C=O) groups excluding carboxylic acids is 1. The Balaban J connectivity index is 1.70. The smallest absolute Gasteiger partial charge is 0.231 e. The number of aromatic amines is 1. The first-order chi connectivity index (χ1) is 9.76. The van der Waals surface area contributed by atoms with Crippen molar-refractivity contribution in [3.8, 4) is 0 Å². The second-order valence-corrected chi connectivity index (χ2v) is 5.16. The van der Waals surface area contributed by atoms with E-state index in [9.17, 15) is 4.79 Å². The number of hydrogen-bond acceptors (Lipinski definition) is 4. The van der Waals surface area contributed by atoms with E-state index in [-0.39, 0.29) is 18.0 Å². The van der Waals surface area contributed by atoms with Gasteiger partial charge in [-0.05, 0) is 24.1 Å². The van der Waals surface area contributed by atoms with Crippen molar-refractivity contribution in [1.82, 2.24) is 9.97 Å². The Morgan fingerprint density at radius 2 is 2.00 bits per heavy atom. The molecule has 1 amide bonds. The minimum absolute atomic E-state index is 0.00851. The van der Waals surface area contributed by atoms with Gasteiger partial charge in [0.1, 0.15) is 6.17 Å². The number of benzene rings is 1. The molecule has 0 aliphatic carbocycles. The Morgan fingerprint density at radius 3 is 2.70 bits per heavy atom. The van der Waals surface area contributed by atoms with Crippen LogP contribution in [0.1, 0.15) is 36.7 Å². The lowest BCUT2D eigenvalue weighted by Gasteiger charge is -2.09. The summed E-state index contributed by atoms with van der Waals surface area (Å²) in [5.41, 5.74) is 5.01. The zero-order valence-electron chi connectivity index (χ0n) is 11.0. The molecule has 2 aliphatic heterocycles. The van der Waals surface area contributed by atoms with E-state index in [1.807, 2.05) is 13.0 Å². The number of rotatable bonds is 2. The number of aromatic nitrogens is 2. The van der Waals surface area contributed by atoms with Gasteiger partial charge >= 0.3 is 0 Å². The highest BCUT2D eigenvalue weighted by Crippen LogP contribution is 2.44. The van der Waals surface area contributed by atoms with E-state index in [1.54, 1.807) is 12.5 Å². The van der Waals surface area contributed by atoms with E-state index in [2.05, 4.69) is 32.0 Å². The summed E-state index contributed by atoms with van der Waals surface area (Å²) in [6, 6.07) is 4.07. The molecule has 0 radical (unpaired) electrons. The van der Waals surface area contributed by atoms with Crippen LogP contribution >= 0.6 is 0 Å². The molecule has 3 heterocycles. The molecule has 1 aromatic carbocycles. The third kappa shape index (κ3) is 1.51. The maximum atomic E-state index is 11.9. The van der Waals surface area contributed by atoms with Gasteiger partial charge in [-0.1, -0.05) is 6.92 Å². The van der Waals surface area contributed by atoms with Gasteiger partial charge in [0.25, 0.3) is 0 Å². The Labute approximate surface area is 116 Å². The van der Waals surface area contributed by atoms with Crippen LogP contribution < -0.4 is 16.0 Å². The lowest BCUT2D eigenvalue weighted by molar-refractivity contribution is -0.117. The molecule has 4 N–H and O–H groups in total. The average Bonchev–Trinajstić information content (AvgIpc) is 3.12. The van der Waals surface area contributed by atoms with Gasteiger partial charge in [0.2, 0.25) is 5.91 Å². The topological polar surface area (TPSA) is 81.8 Å². The summed E-state index contributed by atoms with van der Waals surface area (Å²) in [6.07, 6.45) is 4.26. The van der Waals surface area contributed by atoms with E-state index < -0.39 is 0 Å². The predicted molar refractivity (Wildman–Crippen MR) is 76.7 cm³/mol. The van der Waals surface area contributed by atoms with Crippen LogP contribution in [0.2, 0.25) is 0 Å². The van der Waals surface area contributed by atoms with E-state index in [1.165, 1.54) is 0 Å². The van der Waals surface area contributed by atoms with Gasteiger partial charge in [0, 0.05) is 5.69 Å². The van der Waals surface area contributed by atoms with Crippen LogP contribution in [0.15, 0.2) is 24.7 Å². The second-order valence-electron chi connectivity index (χ2n) is 5.16. The summed E-state index contributed by atoms with van der Waals surface area (Å²) in [5.74, 6) is 0.0552. The van der Waals surface area contributed by atoms with Gasteiger partial charge in [-0.25, -0.2) is 4.98 Å². The number of amides is 1. The normalized spacial score (nSPS) is 22.8. The highest BCUT2D eigenvalue weighted by atomic mass is 16.2. The van der Waals surface area contributed by atoms with Crippen LogP contribution in [0.5, 0.6) is 0 Å². The van der Waals surface area contributed by atoms with Crippen LogP contribution in [0.4, 0.5) is 17.1 Å². The monoisotopic (exact) mass is 269 g/mol. The molecule has 2 aromatic rings. The zero-order valence-corrected chi connectivity index (χ0v) is 11.0. The largest absolute Gasteiger partial charge is 0.359 e. The van der Waals surface area contributed by atoms with Crippen LogP contribution in [0.25, 0.3) is 0 Å². The lowest BCUT2D eigenvalue weighted by Crippen LogP contribution is -2.12. The molecular formula is C14H15N5O. The molecule has 0 spiro atoms. The molecule has 2 unspecified atom stereocenters. The number of fused-ring (bicyclic) bond motifs is 2. The summed E-state index contributed by atoms with van der Waals surface area (Å²) in [4.78, 5) is 19.0. The predicted octanol–water partition coefficient (Wildman–Crippen LogP) is 2.39. The van der Waals surface area contributed by atoms with E-state index in [0.717, 1.165) is 34.7 Å². The highest BCUT2D eigenvalue weighted by molar-refractivity contribution is 6.04. The minimum Gasteiger partial charge on any atom is -0.359 e. The molecule has 20 heavy (non-hydrogen) atoms. The molecule has 0 saturated heterocycles. The molecule has 0 bridgehead atoms. The third-order valence-electron chi connectivity index (χ3n) is 3.98. The van der Waals surface area contributed by atoms with Gasteiger partial charge in [0.15, 0.2) is 0 Å². The van der Waals surface area contributed by atoms with Crippen LogP contribution in [0.3, 0.4) is 0 Å². The Hall–Kier alpha value is -2.50. The van der Waals surface area contributed by atoms with Gasteiger partial charge in [-0.3, -0.25) is 4.79 Å². The van der Waals surface area contributed by atoms with Crippen molar-refractivity contribution in [2.45, 2.75) is 25.4 Å². The minimum atomic E-state index is -0.0386. The molecule has 6 nitrogen and oxygen atoms in total. The standard InChI is InChI=1S/C14H15N5O/c1-2-7-8-3-10-11(4-9(8)19-14(7)20)18-13(17-10)12-5-15-6-16-12/h3-7,13,17-18H,2H2,1H3,(H,15,16)(H,19,20). The molecule has 2 aliphatic rings. The molecule has 0 fully saturated rings. The number of nitrogens with one attached hydrogen (secondary N) is 4. The number of carbonyl (C=O) groups is 1. The molecule has 0 saturated carbocycles. The molecule has 1 aromatic heterocycles. The Bertz CT molecular complexity index is 679. The van der Waals surface area contributed by atoms with Gasteiger partial charge in [0.05, 0.1) is 35.5 Å². The maximum Gasteiger partial charge on any atom is 0.231 e. The van der Waals surface area contributed by atoms with Crippen molar-refractivity contribution >= 4 is 23.0 Å². The first kappa shape index (κ1) is 11.3. The summed E-state index contributed by atoms with van der Waals surface area (Å²) in [7, 11) is 0. The van der Waals surface area contributed by atoms with Crippen molar-refractivity contribution in [2.24, 2.45) is 0 Å². The van der Waals surface area contributed by atoms with Crippen molar-refractivity contribution in [3.05, 3.63) is 35.9 Å². The number of imidazole rings is 1. The fourth-order valence-corrected chi connectivity index (χ4v) is 2.95. The quantitative estimate of drug-likeness (QED) is 0.674. The second kappa shape index (κ2) is 4.00. The first-order valence-corrected chi connectivity index (χ1v) is 6.76. The van der Waals surface area contributed by atoms with Crippen LogP contribution in [-0.4, -0.2) is 15.9 Å². The van der Waals surface area contributed by atoms with Crippen molar-refractivity contribution < 1.29 is 4.79 Å². The van der Waals surface area contributed by atoms with Crippen molar-refractivity contribution in [2.75, 3.05) is 16.0 Å². The number of H-pyrrole nitrogens is 1. The summed E-state index contributed by atoms with van der Waals surface area (Å²) >= 11 is 0. The van der Waals surface area contributed by atoms with E-state index in [0.29, 0.717) is 0 Å². The van der Waals surface area contributed by atoms with E-state index in [4.69, 9.17) is 0 Å². The average molecular weight is 269 g/mol. The van der Waals surface area contributed by atoms with Crippen molar-refractivity contribution in [3.63, 3.8) is 0 Å². The van der Waals surface area contributed by atoms with Gasteiger partial charge in [-0.15, -0.1) is 0 Å². The van der Waals surface area contributed by atoms with Gasteiger partial charge in [-0.2, -0.15) is 0 Å².